The van der Waals surface area contributed by atoms with E-state index < -0.39 is 35.6 Å². The number of methoxy groups -OCH3 is 2. The number of hydrogen-bond donors (Lipinski definition) is 2. The zero-order valence-electron chi connectivity index (χ0n) is 30.2. The van der Waals surface area contributed by atoms with Crippen molar-refractivity contribution in [2.75, 3.05) is 14.2 Å². The Balaban J connectivity index is 0.000000166. The number of alkyl halides is 6. The first-order chi connectivity index (χ1) is 28.0. The lowest BCUT2D eigenvalue weighted by Crippen LogP contribution is -2.29. The van der Waals surface area contributed by atoms with Crippen LogP contribution in [-0.2, 0) is 25.5 Å². The number of carbonyl (C=O) groups is 4. The van der Waals surface area contributed by atoms with Crippen LogP contribution in [0.5, 0.6) is 11.8 Å². The van der Waals surface area contributed by atoms with Gasteiger partial charge in [-0.25, -0.2) is 29.3 Å². The van der Waals surface area contributed by atoms with Gasteiger partial charge in [-0.1, -0.05) is 24.3 Å². The number of fused-ring (bicyclic) bond motifs is 2. The quantitative estimate of drug-likeness (QED) is 0.171. The van der Waals surface area contributed by atoms with Crippen molar-refractivity contribution in [2.24, 2.45) is 0 Å². The number of aliphatic hydroxyl groups is 1. The van der Waals surface area contributed by atoms with Gasteiger partial charge in [-0.05, 0) is 24.3 Å². The lowest BCUT2D eigenvalue weighted by Gasteiger charge is -2.12. The van der Waals surface area contributed by atoms with Crippen LogP contribution in [0.4, 0.5) is 26.3 Å². The van der Waals surface area contributed by atoms with Gasteiger partial charge in [0.15, 0.2) is 23.0 Å². The molecule has 4 aromatic heterocycles. The number of ether oxygens (including phenoxy) is 2. The minimum absolute atomic E-state index is 0.0184. The van der Waals surface area contributed by atoms with E-state index in [1.165, 1.54) is 36.0 Å². The van der Waals surface area contributed by atoms with Crippen molar-refractivity contribution < 1.29 is 60.1 Å². The summed E-state index contributed by atoms with van der Waals surface area (Å²) in [4.78, 5) is 61.9. The second-order valence-electron chi connectivity index (χ2n) is 12.0. The Kier molecular flexibility index (Phi) is 11.5. The minimum atomic E-state index is -4.61. The highest BCUT2D eigenvalue weighted by molar-refractivity contribution is 6.22. The highest BCUT2D eigenvalue weighted by Crippen LogP contribution is 2.30. The van der Waals surface area contributed by atoms with Crippen LogP contribution in [0, 0.1) is 0 Å². The summed E-state index contributed by atoms with van der Waals surface area (Å²) in [5.41, 5.74) is 0.0993. The largest absolute Gasteiger partial charge is 0.480 e. The highest BCUT2D eigenvalue weighted by Gasteiger charge is 2.37. The number of rotatable bonds is 7. The average Bonchev–Trinajstić information content (AvgIpc) is 3.98. The summed E-state index contributed by atoms with van der Waals surface area (Å²) in [6.45, 7) is -0.430. The Morgan fingerprint density at radius 3 is 1.37 bits per heavy atom. The predicted molar refractivity (Wildman–Crippen MR) is 186 cm³/mol. The van der Waals surface area contributed by atoms with Gasteiger partial charge in [0.05, 0.1) is 85.5 Å². The molecule has 8 rings (SSSR count). The monoisotopic (exact) mass is 824 g/mol. The summed E-state index contributed by atoms with van der Waals surface area (Å²) in [5, 5.41) is 19.3. The molecule has 2 aliphatic rings. The summed E-state index contributed by atoms with van der Waals surface area (Å²) in [7, 11) is 2.71. The summed E-state index contributed by atoms with van der Waals surface area (Å²) in [6, 6.07) is 13.2. The van der Waals surface area contributed by atoms with Gasteiger partial charge >= 0.3 is 12.4 Å². The summed E-state index contributed by atoms with van der Waals surface area (Å²) < 4.78 is 87.3. The van der Waals surface area contributed by atoms with Crippen LogP contribution < -0.4 is 14.8 Å². The molecule has 59 heavy (non-hydrogen) atoms. The van der Waals surface area contributed by atoms with Gasteiger partial charge in [0.2, 0.25) is 11.8 Å². The minimum Gasteiger partial charge on any atom is -0.480 e. The van der Waals surface area contributed by atoms with Crippen molar-refractivity contribution in [3.8, 4) is 23.4 Å². The number of nitrogens with zero attached hydrogens (tertiary/aromatic N) is 9. The van der Waals surface area contributed by atoms with E-state index in [4.69, 9.17) is 14.6 Å². The molecule has 0 saturated heterocycles. The molecular formula is C36H26F6N10O7. The standard InChI is InChI=1S/C18H12F3N5O3.C10H9F3N4O2.C8H5NO2/c1-29-15-10(8-25-16(27)11-4-2-3-5-12(11)17(25)28)9-26(24-15)14-7-22-13(6-23-14)18(19,20)21;1-19-9-6(5-18)4-17(16-9)8-3-14-7(2-15-8)10(11,12)13;10-7-5-3-1-2-4-6(5)8(11)9-7/h2-7,9H,8H2,1H3;2-4,18H,5H2,1H3;1-4H,(H,9,10,11). The summed E-state index contributed by atoms with van der Waals surface area (Å²) in [5.74, 6) is -1.12. The van der Waals surface area contributed by atoms with Gasteiger partial charge in [-0.2, -0.15) is 26.3 Å². The van der Waals surface area contributed by atoms with E-state index in [0.29, 0.717) is 45.8 Å². The van der Waals surface area contributed by atoms with E-state index in [1.54, 1.807) is 48.5 Å². The SMILES string of the molecule is COc1nn(-c2cnc(C(F)(F)F)cn2)cc1CN1C(=O)c2ccccc2C1=O.COc1nn(-c2cnc(C(F)(F)F)cn2)cc1CO.O=C1NC(=O)c2ccccc21. The van der Waals surface area contributed by atoms with Crippen LogP contribution in [0.1, 0.15) is 63.9 Å². The first-order valence-electron chi connectivity index (χ1n) is 16.6. The Morgan fingerprint density at radius 1 is 0.610 bits per heavy atom. The molecule has 0 fully saturated rings. The number of aromatic nitrogens is 8. The molecule has 304 valence electrons. The molecule has 2 aliphatic heterocycles. The number of imide groups is 2. The fourth-order valence-electron chi connectivity index (χ4n) is 5.42. The normalized spacial score (nSPS) is 13.2. The van der Waals surface area contributed by atoms with E-state index >= 15 is 0 Å². The first-order valence-corrected chi connectivity index (χ1v) is 16.6. The fourth-order valence-corrected chi connectivity index (χ4v) is 5.42. The molecule has 6 aromatic rings. The molecule has 0 aliphatic carbocycles. The molecule has 0 bridgehead atoms. The van der Waals surface area contributed by atoms with Gasteiger partial charge in [0, 0.05) is 12.4 Å². The van der Waals surface area contributed by atoms with Crippen molar-refractivity contribution >= 4 is 23.6 Å². The molecular weight excluding hydrogens is 798 g/mol. The fraction of sp³-hybridized carbons (Fsp3) is 0.167. The van der Waals surface area contributed by atoms with Gasteiger partial charge < -0.3 is 14.6 Å². The van der Waals surface area contributed by atoms with Crippen LogP contribution in [0.2, 0.25) is 0 Å². The molecule has 6 heterocycles. The summed E-state index contributed by atoms with van der Waals surface area (Å²) in [6.07, 6.45) is -3.27. The van der Waals surface area contributed by atoms with Gasteiger partial charge in [0.25, 0.3) is 23.6 Å². The summed E-state index contributed by atoms with van der Waals surface area (Å²) >= 11 is 0. The molecule has 0 unspecified atom stereocenters. The number of carbonyl (C=O) groups excluding carboxylic acids is 4. The van der Waals surface area contributed by atoms with Gasteiger partial charge in [-0.3, -0.25) is 29.4 Å². The van der Waals surface area contributed by atoms with Gasteiger partial charge in [0.1, 0.15) is 0 Å². The maximum Gasteiger partial charge on any atom is 0.434 e. The van der Waals surface area contributed by atoms with Crippen molar-refractivity contribution in [1.82, 2.24) is 49.7 Å². The van der Waals surface area contributed by atoms with Crippen molar-refractivity contribution in [2.45, 2.75) is 25.5 Å². The lowest BCUT2D eigenvalue weighted by atomic mass is 10.1. The van der Waals surface area contributed by atoms with Crippen molar-refractivity contribution in [1.29, 1.82) is 0 Å². The third-order valence-corrected chi connectivity index (χ3v) is 8.24. The first kappa shape index (κ1) is 41.1. The number of halogens is 6. The molecule has 2 aromatic carbocycles. The molecule has 17 nitrogen and oxygen atoms in total. The lowest BCUT2D eigenvalue weighted by molar-refractivity contribution is -0.142. The zero-order chi connectivity index (χ0) is 42.6. The molecule has 0 saturated carbocycles. The second kappa shape index (κ2) is 16.5. The second-order valence-corrected chi connectivity index (χ2v) is 12.0. The molecule has 4 amide bonds. The topological polar surface area (TPSA) is 209 Å². The van der Waals surface area contributed by atoms with E-state index in [0.717, 1.165) is 17.3 Å². The Labute approximate surface area is 326 Å². The molecule has 0 atom stereocenters. The molecule has 2 N–H and O–H groups in total. The molecule has 0 spiro atoms. The number of nitrogens with one attached hydrogen (secondary N) is 1. The van der Waals surface area contributed by atoms with Crippen molar-refractivity contribution in [3.63, 3.8) is 0 Å². The van der Waals surface area contributed by atoms with Crippen LogP contribution in [0.15, 0.2) is 85.7 Å². The third-order valence-electron chi connectivity index (χ3n) is 8.24. The number of amides is 4. The highest BCUT2D eigenvalue weighted by atomic mass is 19.4. The molecule has 0 radical (unpaired) electrons. The van der Waals surface area contributed by atoms with Gasteiger partial charge in [-0.15, -0.1) is 10.2 Å². The number of benzene rings is 2. The van der Waals surface area contributed by atoms with E-state index in [1.807, 2.05) is 0 Å². The van der Waals surface area contributed by atoms with Crippen LogP contribution in [-0.4, -0.2) is 87.4 Å². The third kappa shape index (κ3) is 8.73. The Hall–Kier alpha value is -7.56. The van der Waals surface area contributed by atoms with Crippen molar-refractivity contribution in [3.05, 3.63) is 130 Å². The Bertz CT molecular complexity index is 2450. The van der Waals surface area contributed by atoms with Crippen LogP contribution in [0.3, 0.4) is 0 Å². The van der Waals surface area contributed by atoms with E-state index in [2.05, 4.69) is 35.5 Å². The smallest absolute Gasteiger partial charge is 0.434 e. The number of aliphatic hydroxyl groups excluding tert-OH is 1. The zero-order valence-corrected chi connectivity index (χ0v) is 30.2. The number of hydrogen-bond acceptors (Lipinski definition) is 13. The van der Waals surface area contributed by atoms with Crippen LogP contribution >= 0.6 is 0 Å². The molecule has 23 heteroatoms. The average molecular weight is 825 g/mol. The Morgan fingerprint density at radius 2 is 1.02 bits per heavy atom. The maximum absolute atomic E-state index is 12.6. The van der Waals surface area contributed by atoms with E-state index in [9.17, 15) is 45.5 Å². The van der Waals surface area contributed by atoms with E-state index in [-0.39, 0.29) is 48.4 Å². The predicted octanol–water partition coefficient (Wildman–Crippen LogP) is 4.24. The van der Waals surface area contributed by atoms with Crippen LogP contribution in [0.25, 0.3) is 11.6 Å². The maximum atomic E-state index is 12.6.